The third-order valence-electron chi connectivity index (χ3n) is 2.95. The summed E-state index contributed by atoms with van der Waals surface area (Å²) in [5.41, 5.74) is -0.633. The lowest BCUT2D eigenvalue weighted by molar-refractivity contribution is -0.139. The third-order valence-corrected chi connectivity index (χ3v) is 3.26. The molecule has 3 nitrogen and oxygen atoms in total. The highest BCUT2D eigenvalue weighted by Gasteiger charge is 2.40. The SMILES string of the molecule is CC(Oc1ccccc1)(C(=O)N(Cl)Cl)c1ccccc1. The fraction of sp³-hybridized carbons (Fsp3) is 0.133. The van der Waals surface area contributed by atoms with Crippen molar-refractivity contribution in [1.82, 2.24) is 3.94 Å². The van der Waals surface area contributed by atoms with Gasteiger partial charge in [-0.2, -0.15) is 3.94 Å². The van der Waals surface area contributed by atoms with E-state index >= 15 is 0 Å². The molecule has 0 aliphatic carbocycles. The van der Waals surface area contributed by atoms with Crippen molar-refractivity contribution in [3.8, 4) is 5.75 Å². The highest BCUT2D eigenvalue weighted by atomic mass is 35.5. The van der Waals surface area contributed by atoms with E-state index in [2.05, 4.69) is 0 Å². The molecule has 0 heterocycles. The Morgan fingerprint density at radius 2 is 1.50 bits per heavy atom. The predicted molar refractivity (Wildman–Crippen MR) is 79.4 cm³/mol. The van der Waals surface area contributed by atoms with E-state index in [9.17, 15) is 4.79 Å². The summed E-state index contributed by atoms with van der Waals surface area (Å²) in [7, 11) is 0. The number of rotatable bonds is 4. The summed E-state index contributed by atoms with van der Waals surface area (Å²) in [6.45, 7) is 1.63. The topological polar surface area (TPSA) is 29.5 Å². The van der Waals surface area contributed by atoms with Gasteiger partial charge in [0, 0.05) is 29.1 Å². The van der Waals surface area contributed by atoms with Crippen LogP contribution in [0.3, 0.4) is 0 Å². The molecule has 1 atom stereocenters. The molecule has 5 heteroatoms. The fourth-order valence-electron chi connectivity index (χ4n) is 1.87. The van der Waals surface area contributed by atoms with Crippen molar-refractivity contribution in [2.75, 3.05) is 0 Å². The molecule has 0 N–H and O–H groups in total. The maximum atomic E-state index is 12.3. The molecule has 20 heavy (non-hydrogen) atoms. The summed E-state index contributed by atoms with van der Waals surface area (Å²) in [5.74, 6) is -0.00160. The van der Waals surface area contributed by atoms with Gasteiger partial charge in [0.05, 0.1) is 0 Å². The molecule has 2 aromatic carbocycles. The van der Waals surface area contributed by atoms with Gasteiger partial charge in [-0.3, -0.25) is 4.79 Å². The van der Waals surface area contributed by atoms with Crippen LogP contribution in [0.1, 0.15) is 12.5 Å². The number of hydrogen-bond acceptors (Lipinski definition) is 2. The first kappa shape index (κ1) is 14.7. The van der Waals surface area contributed by atoms with Crippen LogP contribution in [0.25, 0.3) is 0 Å². The molecular weight excluding hydrogens is 297 g/mol. The number of nitrogens with zero attached hydrogens (tertiary/aromatic N) is 1. The van der Waals surface area contributed by atoms with Gasteiger partial charge in [-0.1, -0.05) is 48.5 Å². The zero-order valence-electron chi connectivity index (χ0n) is 10.8. The lowest BCUT2D eigenvalue weighted by Crippen LogP contribution is -2.42. The van der Waals surface area contributed by atoms with Crippen LogP contribution in [0, 0.1) is 0 Å². The van der Waals surface area contributed by atoms with Crippen LogP contribution >= 0.6 is 23.6 Å². The van der Waals surface area contributed by atoms with Gasteiger partial charge < -0.3 is 4.74 Å². The van der Waals surface area contributed by atoms with Crippen LogP contribution in [0.2, 0.25) is 0 Å². The quantitative estimate of drug-likeness (QED) is 0.795. The minimum Gasteiger partial charge on any atom is -0.473 e. The Balaban J connectivity index is 2.42. The number of carbonyl (C=O) groups excluding carboxylic acids is 1. The predicted octanol–water partition coefficient (Wildman–Crippen LogP) is 4.12. The fourth-order valence-corrected chi connectivity index (χ4v) is 2.19. The summed E-state index contributed by atoms with van der Waals surface area (Å²) >= 11 is 11.2. The lowest BCUT2D eigenvalue weighted by atomic mass is 9.95. The Morgan fingerprint density at radius 3 is 2.00 bits per heavy atom. The van der Waals surface area contributed by atoms with Gasteiger partial charge in [0.2, 0.25) is 5.60 Å². The Hall–Kier alpha value is -1.71. The van der Waals surface area contributed by atoms with Gasteiger partial charge in [0.25, 0.3) is 0 Å². The molecule has 0 aliphatic rings. The van der Waals surface area contributed by atoms with Crippen LogP contribution in [0.4, 0.5) is 0 Å². The maximum absolute atomic E-state index is 12.3. The van der Waals surface area contributed by atoms with Gasteiger partial charge in [0.15, 0.2) is 0 Å². The molecular formula is C15H13Cl2NO2. The molecule has 0 aromatic heterocycles. The summed E-state index contributed by atoms with van der Waals surface area (Å²) < 4.78 is 6.35. The molecule has 0 saturated heterocycles. The minimum absolute atomic E-state index is 0.496. The van der Waals surface area contributed by atoms with Gasteiger partial charge in [-0.05, 0) is 19.1 Å². The number of benzene rings is 2. The normalized spacial score (nSPS) is 13.3. The zero-order chi connectivity index (χ0) is 14.6. The Labute approximate surface area is 127 Å². The first-order valence-electron chi connectivity index (χ1n) is 6.00. The standard InChI is InChI=1S/C15H13Cl2NO2/c1-15(14(19)18(16)17,12-8-4-2-5-9-12)20-13-10-6-3-7-11-13/h2-11H,1H3. The maximum Gasteiger partial charge on any atom is 0.300 e. The number of ether oxygens (including phenoxy) is 1. The van der Waals surface area contributed by atoms with E-state index in [0.717, 1.165) is 0 Å². The molecule has 0 spiro atoms. The number of halogens is 2. The molecule has 104 valence electrons. The largest absolute Gasteiger partial charge is 0.473 e. The highest BCUT2D eigenvalue weighted by molar-refractivity contribution is 6.42. The first-order chi connectivity index (χ1) is 9.54. The Kier molecular flexibility index (Phi) is 4.53. The van der Waals surface area contributed by atoms with Crippen LogP contribution in [0.5, 0.6) is 5.75 Å². The monoisotopic (exact) mass is 309 g/mol. The van der Waals surface area contributed by atoms with E-state index in [-0.39, 0.29) is 0 Å². The molecule has 2 rings (SSSR count). The van der Waals surface area contributed by atoms with Gasteiger partial charge >= 0.3 is 5.91 Å². The zero-order valence-corrected chi connectivity index (χ0v) is 12.3. The molecule has 0 radical (unpaired) electrons. The van der Waals surface area contributed by atoms with Gasteiger partial charge in [-0.15, -0.1) is 0 Å². The minimum atomic E-state index is -1.30. The van der Waals surface area contributed by atoms with Crippen molar-refractivity contribution < 1.29 is 9.53 Å². The smallest absolute Gasteiger partial charge is 0.300 e. The second-order valence-corrected chi connectivity index (χ2v) is 5.20. The van der Waals surface area contributed by atoms with Crippen LogP contribution in [-0.4, -0.2) is 9.85 Å². The molecule has 1 amide bonds. The van der Waals surface area contributed by atoms with Crippen molar-refractivity contribution in [2.24, 2.45) is 0 Å². The molecule has 0 fully saturated rings. The Bertz CT molecular complexity index is 575. The van der Waals surface area contributed by atoms with E-state index < -0.39 is 11.5 Å². The number of amides is 1. The van der Waals surface area contributed by atoms with E-state index in [4.69, 9.17) is 28.3 Å². The van der Waals surface area contributed by atoms with Crippen LogP contribution < -0.4 is 4.74 Å². The number of carbonyl (C=O) groups is 1. The van der Waals surface area contributed by atoms with E-state index in [1.165, 1.54) is 0 Å². The summed E-state index contributed by atoms with van der Waals surface area (Å²) in [6, 6.07) is 18.1. The highest BCUT2D eigenvalue weighted by Crippen LogP contribution is 2.31. The van der Waals surface area contributed by atoms with E-state index in [0.29, 0.717) is 15.3 Å². The van der Waals surface area contributed by atoms with Crippen molar-refractivity contribution in [3.63, 3.8) is 0 Å². The first-order valence-corrected chi connectivity index (χ1v) is 6.67. The van der Waals surface area contributed by atoms with Crippen molar-refractivity contribution in [2.45, 2.75) is 12.5 Å². The second kappa shape index (κ2) is 6.16. The average molecular weight is 310 g/mol. The third kappa shape index (κ3) is 3.06. The number of para-hydroxylation sites is 1. The average Bonchev–Trinajstić information content (AvgIpc) is 2.48. The van der Waals surface area contributed by atoms with Crippen LogP contribution in [-0.2, 0) is 10.4 Å². The van der Waals surface area contributed by atoms with Crippen molar-refractivity contribution in [3.05, 3.63) is 66.2 Å². The summed E-state index contributed by atoms with van der Waals surface area (Å²) in [4.78, 5) is 12.3. The van der Waals surface area contributed by atoms with Crippen molar-refractivity contribution >= 4 is 29.5 Å². The molecule has 1 unspecified atom stereocenters. The Morgan fingerprint density at radius 1 is 1.00 bits per heavy atom. The van der Waals surface area contributed by atoms with Crippen molar-refractivity contribution in [1.29, 1.82) is 0 Å². The molecule has 0 bridgehead atoms. The molecule has 0 aliphatic heterocycles. The summed E-state index contributed by atoms with van der Waals surface area (Å²) in [5, 5.41) is 0. The second-order valence-electron chi connectivity index (χ2n) is 4.35. The lowest BCUT2D eigenvalue weighted by Gasteiger charge is -2.30. The molecule has 0 saturated carbocycles. The van der Waals surface area contributed by atoms with E-state index in [1.807, 2.05) is 36.4 Å². The molecule has 2 aromatic rings. The van der Waals surface area contributed by atoms with E-state index in [1.54, 1.807) is 31.2 Å². The van der Waals surface area contributed by atoms with Gasteiger partial charge in [-0.25, -0.2) is 0 Å². The van der Waals surface area contributed by atoms with Crippen LogP contribution in [0.15, 0.2) is 60.7 Å². The van der Waals surface area contributed by atoms with Gasteiger partial charge in [0.1, 0.15) is 5.75 Å². The number of hydrogen-bond donors (Lipinski definition) is 0. The summed E-state index contributed by atoms with van der Waals surface area (Å²) in [6.07, 6.45) is 0.